The Morgan fingerprint density at radius 2 is 2.10 bits per heavy atom. The maximum Gasteiger partial charge on any atom is 0.220 e. The minimum absolute atomic E-state index is 0.124. The summed E-state index contributed by atoms with van der Waals surface area (Å²) in [7, 11) is 0. The van der Waals surface area contributed by atoms with E-state index in [0.717, 1.165) is 25.1 Å². The molecule has 0 radical (unpaired) electrons. The monoisotopic (exact) mass is 308 g/mol. The van der Waals surface area contributed by atoms with Crippen molar-refractivity contribution in [3.8, 4) is 0 Å². The number of carbonyl (C=O) groups excluding carboxylic acids is 1. The van der Waals surface area contributed by atoms with Gasteiger partial charge >= 0.3 is 0 Å². The third-order valence-electron chi connectivity index (χ3n) is 4.24. The summed E-state index contributed by atoms with van der Waals surface area (Å²) in [5.74, 6) is 0.810. The summed E-state index contributed by atoms with van der Waals surface area (Å²) in [5, 5.41) is 7.18. The summed E-state index contributed by atoms with van der Waals surface area (Å²) in [6.45, 7) is 6.20. The Kier molecular flexibility index (Phi) is 5.65. The lowest BCUT2D eigenvalue weighted by Crippen LogP contribution is -2.41. The lowest BCUT2D eigenvalue weighted by atomic mass is 9.91. The molecule has 116 valence electrons. The van der Waals surface area contributed by atoms with Crippen molar-refractivity contribution in [2.45, 2.75) is 45.1 Å². The summed E-state index contributed by atoms with van der Waals surface area (Å²) in [6, 6.07) is 7.67. The molecule has 1 saturated heterocycles. The minimum Gasteiger partial charge on any atom is -0.347 e. The minimum atomic E-state index is -0.393. The number of rotatable bonds is 5. The molecule has 1 amide bonds. The Hall–Kier alpha value is -1.06. The zero-order valence-corrected chi connectivity index (χ0v) is 13.7. The van der Waals surface area contributed by atoms with Crippen LogP contribution in [0, 0.1) is 5.92 Å². The van der Waals surface area contributed by atoms with Crippen LogP contribution in [-0.2, 0) is 10.3 Å². The van der Waals surface area contributed by atoms with E-state index >= 15 is 0 Å². The molecule has 1 fully saturated rings. The number of amides is 1. The largest absolute Gasteiger partial charge is 0.347 e. The first-order valence-corrected chi connectivity index (χ1v) is 8.13. The molecule has 0 unspecified atom stereocenters. The van der Waals surface area contributed by atoms with Crippen molar-refractivity contribution in [3.63, 3.8) is 0 Å². The van der Waals surface area contributed by atoms with Crippen LogP contribution in [0.3, 0.4) is 0 Å². The maximum atomic E-state index is 12.2. The van der Waals surface area contributed by atoms with E-state index in [2.05, 4.69) is 10.6 Å². The van der Waals surface area contributed by atoms with Crippen LogP contribution in [0.4, 0.5) is 0 Å². The van der Waals surface area contributed by atoms with Crippen molar-refractivity contribution >= 4 is 17.5 Å². The molecule has 1 aromatic rings. The Balaban J connectivity index is 1.85. The highest BCUT2D eigenvalue weighted by molar-refractivity contribution is 6.30. The Labute approximate surface area is 132 Å². The van der Waals surface area contributed by atoms with Gasteiger partial charge in [-0.25, -0.2) is 0 Å². The molecular formula is C17H25ClN2O. The molecule has 3 nitrogen and oxygen atoms in total. The van der Waals surface area contributed by atoms with Crippen molar-refractivity contribution < 1.29 is 4.79 Å². The second-order valence-corrected chi connectivity index (χ2v) is 6.85. The highest BCUT2D eigenvalue weighted by Crippen LogP contribution is 2.24. The van der Waals surface area contributed by atoms with Gasteiger partial charge in [-0.2, -0.15) is 0 Å². The fraction of sp³-hybridized carbons (Fsp3) is 0.588. The summed E-state index contributed by atoms with van der Waals surface area (Å²) in [6.07, 6.45) is 3.96. The molecule has 2 rings (SSSR count). The average molecular weight is 309 g/mol. The first-order chi connectivity index (χ1) is 9.97. The molecule has 0 aromatic heterocycles. The van der Waals surface area contributed by atoms with Crippen LogP contribution >= 0.6 is 11.6 Å². The molecule has 0 aliphatic carbocycles. The Bertz CT molecular complexity index is 481. The van der Waals surface area contributed by atoms with Crippen LogP contribution in [-0.4, -0.2) is 19.0 Å². The van der Waals surface area contributed by atoms with Gasteiger partial charge in [0.15, 0.2) is 0 Å². The molecule has 1 aliphatic heterocycles. The second-order valence-electron chi connectivity index (χ2n) is 6.42. The number of hydrogen-bond donors (Lipinski definition) is 2. The summed E-state index contributed by atoms with van der Waals surface area (Å²) < 4.78 is 0. The van der Waals surface area contributed by atoms with E-state index in [1.54, 1.807) is 0 Å². The standard InChI is InChI=1S/C17H25ClN2O/c1-17(2,14-4-3-5-15(18)12-14)20-16(21)7-6-13-8-10-19-11-9-13/h3-5,12-13,19H,6-11H2,1-2H3,(H,20,21). The fourth-order valence-corrected chi connectivity index (χ4v) is 3.06. The SMILES string of the molecule is CC(C)(NC(=O)CCC1CCNCC1)c1cccc(Cl)c1. The van der Waals surface area contributed by atoms with Crippen LogP contribution in [0.5, 0.6) is 0 Å². The first kappa shape index (κ1) is 16.3. The summed E-state index contributed by atoms with van der Waals surface area (Å²) in [5.41, 5.74) is 0.640. The van der Waals surface area contributed by atoms with E-state index in [1.807, 2.05) is 38.1 Å². The smallest absolute Gasteiger partial charge is 0.220 e. The number of nitrogens with one attached hydrogen (secondary N) is 2. The number of piperidine rings is 1. The summed E-state index contributed by atoms with van der Waals surface area (Å²) >= 11 is 6.03. The zero-order chi connectivity index (χ0) is 15.3. The van der Waals surface area contributed by atoms with Crippen molar-refractivity contribution in [2.24, 2.45) is 5.92 Å². The van der Waals surface area contributed by atoms with Crippen molar-refractivity contribution in [1.29, 1.82) is 0 Å². The van der Waals surface area contributed by atoms with E-state index < -0.39 is 5.54 Å². The molecule has 0 saturated carbocycles. The number of benzene rings is 1. The molecule has 1 aliphatic rings. The molecule has 21 heavy (non-hydrogen) atoms. The Morgan fingerprint density at radius 1 is 1.38 bits per heavy atom. The van der Waals surface area contributed by atoms with Gasteiger partial charge in [0.1, 0.15) is 0 Å². The zero-order valence-electron chi connectivity index (χ0n) is 12.9. The third-order valence-corrected chi connectivity index (χ3v) is 4.47. The van der Waals surface area contributed by atoms with Crippen molar-refractivity contribution in [1.82, 2.24) is 10.6 Å². The van der Waals surface area contributed by atoms with E-state index in [1.165, 1.54) is 12.8 Å². The highest BCUT2D eigenvalue weighted by atomic mass is 35.5. The van der Waals surface area contributed by atoms with E-state index in [9.17, 15) is 4.79 Å². The first-order valence-electron chi connectivity index (χ1n) is 7.75. The topological polar surface area (TPSA) is 41.1 Å². The molecule has 0 bridgehead atoms. The second kappa shape index (κ2) is 7.28. The molecule has 4 heteroatoms. The van der Waals surface area contributed by atoms with Gasteiger partial charge in [0.25, 0.3) is 0 Å². The summed E-state index contributed by atoms with van der Waals surface area (Å²) in [4.78, 5) is 12.2. The molecule has 0 atom stereocenters. The molecule has 0 spiro atoms. The lowest BCUT2D eigenvalue weighted by Gasteiger charge is -2.28. The van der Waals surface area contributed by atoms with E-state index in [0.29, 0.717) is 17.4 Å². The molecule has 1 heterocycles. The van der Waals surface area contributed by atoms with Crippen molar-refractivity contribution in [3.05, 3.63) is 34.9 Å². The highest BCUT2D eigenvalue weighted by Gasteiger charge is 2.23. The van der Waals surface area contributed by atoms with E-state index in [4.69, 9.17) is 11.6 Å². The van der Waals surface area contributed by atoms with Gasteiger partial charge in [-0.15, -0.1) is 0 Å². The molecular weight excluding hydrogens is 284 g/mol. The number of halogens is 1. The van der Waals surface area contributed by atoms with E-state index in [-0.39, 0.29) is 5.91 Å². The van der Waals surface area contributed by atoms with Crippen molar-refractivity contribution in [2.75, 3.05) is 13.1 Å². The van der Waals surface area contributed by atoms with Crippen LogP contribution in [0.15, 0.2) is 24.3 Å². The van der Waals surface area contributed by atoms with Crippen LogP contribution in [0.1, 0.15) is 45.1 Å². The van der Waals surface area contributed by atoms with Gasteiger partial charge in [-0.3, -0.25) is 4.79 Å². The van der Waals surface area contributed by atoms with Gasteiger partial charge < -0.3 is 10.6 Å². The third kappa shape index (κ3) is 5.01. The van der Waals surface area contributed by atoms with Crippen LogP contribution < -0.4 is 10.6 Å². The maximum absolute atomic E-state index is 12.2. The predicted molar refractivity (Wildman–Crippen MR) is 87.4 cm³/mol. The quantitative estimate of drug-likeness (QED) is 0.874. The Morgan fingerprint density at radius 3 is 2.76 bits per heavy atom. The van der Waals surface area contributed by atoms with Gasteiger partial charge in [-0.05, 0) is 69.8 Å². The predicted octanol–water partition coefficient (Wildman–Crippen LogP) is 3.47. The van der Waals surface area contributed by atoms with Gasteiger partial charge in [-0.1, -0.05) is 23.7 Å². The van der Waals surface area contributed by atoms with Crippen LogP contribution in [0.25, 0.3) is 0 Å². The molecule has 2 N–H and O–H groups in total. The van der Waals surface area contributed by atoms with Gasteiger partial charge in [0.05, 0.1) is 5.54 Å². The average Bonchev–Trinajstić information content (AvgIpc) is 2.46. The lowest BCUT2D eigenvalue weighted by molar-refractivity contribution is -0.123. The molecule has 1 aromatic carbocycles. The normalized spacial score (nSPS) is 16.7. The van der Waals surface area contributed by atoms with Gasteiger partial charge in [0, 0.05) is 11.4 Å². The number of carbonyl (C=O) groups is 1. The van der Waals surface area contributed by atoms with Gasteiger partial charge in [0.2, 0.25) is 5.91 Å². The number of hydrogen-bond acceptors (Lipinski definition) is 2. The fourth-order valence-electron chi connectivity index (χ4n) is 2.87. The van der Waals surface area contributed by atoms with Crippen LogP contribution in [0.2, 0.25) is 5.02 Å².